The van der Waals surface area contributed by atoms with Gasteiger partial charge in [-0.2, -0.15) is 0 Å². The van der Waals surface area contributed by atoms with Gasteiger partial charge in [-0.3, -0.25) is 14.7 Å². The molecule has 0 bridgehead atoms. The maximum atomic E-state index is 13.0. The Hall–Kier alpha value is -3.78. The summed E-state index contributed by atoms with van der Waals surface area (Å²) in [5.74, 6) is -3.51. The standard InChI is InChI=1S/C21H21N3O.C2H2O4/c25-21(20-10-5-7-17-6-1-2-9-19(17)20)24-14-12-23(13-15-24)16-18-8-3-4-11-22-18;3-1(4)2(5)6/h1-11H,12-16H2;(H,3,4)(H,5,6). The highest BCUT2D eigenvalue weighted by atomic mass is 16.4. The van der Waals surface area contributed by atoms with E-state index in [1.165, 1.54) is 0 Å². The minimum absolute atomic E-state index is 0.134. The zero-order valence-electron chi connectivity index (χ0n) is 16.8. The number of piperazine rings is 1. The topological polar surface area (TPSA) is 111 Å². The van der Waals surface area contributed by atoms with E-state index < -0.39 is 11.9 Å². The molecule has 1 amide bonds. The molecule has 3 aromatic rings. The van der Waals surface area contributed by atoms with Crippen molar-refractivity contribution in [2.45, 2.75) is 6.54 Å². The van der Waals surface area contributed by atoms with Gasteiger partial charge in [0, 0.05) is 44.5 Å². The minimum atomic E-state index is -1.82. The molecule has 1 saturated heterocycles. The summed E-state index contributed by atoms with van der Waals surface area (Å²) in [6.45, 7) is 4.13. The molecule has 2 heterocycles. The minimum Gasteiger partial charge on any atom is -0.473 e. The van der Waals surface area contributed by atoms with Crippen molar-refractivity contribution in [2.75, 3.05) is 26.2 Å². The first kappa shape index (κ1) is 21.9. The number of carboxylic acid groups (broad SMARTS) is 2. The van der Waals surface area contributed by atoms with Gasteiger partial charge in [-0.05, 0) is 29.0 Å². The Morgan fingerprint density at radius 3 is 2.10 bits per heavy atom. The second-order valence-corrected chi connectivity index (χ2v) is 7.03. The fourth-order valence-electron chi connectivity index (χ4n) is 3.41. The Labute approximate surface area is 179 Å². The normalized spacial score (nSPS) is 13.9. The molecule has 8 heteroatoms. The van der Waals surface area contributed by atoms with E-state index >= 15 is 0 Å². The van der Waals surface area contributed by atoms with Gasteiger partial charge in [0.1, 0.15) is 0 Å². The molecule has 2 aromatic carbocycles. The van der Waals surface area contributed by atoms with Gasteiger partial charge in [0.25, 0.3) is 5.91 Å². The molecular formula is C23H23N3O5. The largest absolute Gasteiger partial charge is 0.473 e. The average Bonchev–Trinajstić information content (AvgIpc) is 2.80. The summed E-state index contributed by atoms with van der Waals surface area (Å²) in [4.78, 5) is 39.9. The molecule has 2 N–H and O–H groups in total. The van der Waals surface area contributed by atoms with Crippen LogP contribution in [0.4, 0.5) is 0 Å². The lowest BCUT2D eigenvalue weighted by molar-refractivity contribution is -0.159. The summed E-state index contributed by atoms with van der Waals surface area (Å²) < 4.78 is 0. The number of rotatable bonds is 3. The number of aliphatic carboxylic acids is 2. The molecule has 1 aromatic heterocycles. The van der Waals surface area contributed by atoms with Gasteiger partial charge in [-0.25, -0.2) is 9.59 Å². The third-order valence-corrected chi connectivity index (χ3v) is 4.97. The van der Waals surface area contributed by atoms with Crippen LogP contribution in [-0.2, 0) is 16.1 Å². The van der Waals surface area contributed by atoms with E-state index in [0.717, 1.165) is 54.8 Å². The first-order chi connectivity index (χ1) is 15.0. The van der Waals surface area contributed by atoms with Crippen LogP contribution in [-0.4, -0.2) is 69.0 Å². The summed E-state index contributed by atoms with van der Waals surface area (Å²) in [6, 6.07) is 20.0. The number of carboxylic acids is 2. The number of pyridine rings is 1. The Balaban J connectivity index is 0.000000401. The van der Waals surface area contributed by atoms with Gasteiger partial charge in [0.05, 0.1) is 5.69 Å². The number of nitrogens with zero attached hydrogens (tertiary/aromatic N) is 3. The van der Waals surface area contributed by atoms with E-state index in [9.17, 15) is 4.79 Å². The smallest absolute Gasteiger partial charge is 0.414 e. The monoisotopic (exact) mass is 421 g/mol. The number of carbonyl (C=O) groups excluding carboxylic acids is 1. The van der Waals surface area contributed by atoms with Crippen molar-refractivity contribution < 1.29 is 24.6 Å². The van der Waals surface area contributed by atoms with Crippen LogP contribution in [0.15, 0.2) is 66.9 Å². The van der Waals surface area contributed by atoms with Crippen LogP contribution in [0, 0.1) is 0 Å². The summed E-state index contributed by atoms with van der Waals surface area (Å²) in [6.07, 6.45) is 1.83. The molecule has 0 spiro atoms. The average molecular weight is 421 g/mol. The van der Waals surface area contributed by atoms with Crippen molar-refractivity contribution in [1.29, 1.82) is 0 Å². The van der Waals surface area contributed by atoms with Crippen molar-refractivity contribution in [2.24, 2.45) is 0 Å². The Morgan fingerprint density at radius 1 is 0.806 bits per heavy atom. The van der Waals surface area contributed by atoms with Crippen molar-refractivity contribution in [1.82, 2.24) is 14.8 Å². The first-order valence-electron chi connectivity index (χ1n) is 9.81. The van der Waals surface area contributed by atoms with Crippen LogP contribution in [0.1, 0.15) is 16.1 Å². The van der Waals surface area contributed by atoms with Crippen LogP contribution < -0.4 is 0 Å². The second kappa shape index (κ2) is 10.3. The molecule has 8 nitrogen and oxygen atoms in total. The van der Waals surface area contributed by atoms with Crippen LogP contribution in [0.3, 0.4) is 0 Å². The number of hydrogen-bond acceptors (Lipinski definition) is 5. The fraction of sp³-hybridized carbons (Fsp3) is 0.217. The Kier molecular flexibility index (Phi) is 7.29. The SMILES string of the molecule is O=C(O)C(=O)O.O=C(c1cccc2ccccc12)N1CCN(Cc2ccccn2)CC1. The third-order valence-electron chi connectivity index (χ3n) is 4.97. The summed E-state index contributed by atoms with van der Waals surface area (Å²) in [7, 11) is 0. The van der Waals surface area contributed by atoms with Gasteiger partial charge in [-0.1, -0.05) is 42.5 Å². The number of carbonyl (C=O) groups is 3. The second-order valence-electron chi connectivity index (χ2n) is 7.03. The summed E-state index contributed by atoms with van der Waals surface area (Å²) >= 11 is 0. The van der Waals surface area contributed by atoms with Gasteiger partial charge < -0.3 is 15.1 Å². The molecule has 0 unspecified atom stereocenters. The lowest BCUT2D eigenvalue weighted by atomic mass is 10.0. The molecule has 1 fully saturated rings. The zero-order chi connectivity index (χ0) is 22.2. The van der Waals surface area contributed by atoms with Gasteiger partial charge in [0.15, 0.2) is 0 Å². The molecular weight excluding hydrogens is 398 g/mol. The van der Waals surface area contributed by atoms with Crippen molar-refractivity contribution in [3.05, 3.63) is 78.1 Å². The van der Waals surface area contributed by atoms with Crippen LogP contribution >= 0.6 is 0 Å². The molecule has 0 radical (unpaired) electrons. The lowest BCUT2D eigenvalue weighted by Crippen LogP contribution is -2.48. The number of benzene rings is 2. The van der Waals surface area contributed by atoms with Crippen LogP contribution in [0.2, 0.25) is 0 Å². The Morgan fingerprint density at radius 2 is 1.45 bits per heavy atom. The number of fused-ring (bicyclic) bond motifs is 1. The molecule has 1 aliphatic rings. The van der Waals surface area contributed by atoms with E-state index in [4.69, 9.17) is 19.8 Å². The highest BCUT2D eigenvalue weighted by Crippen LogP contribution is 2.20. The Bertz CT molecular complexity index is 1050. The number of aromatic nitrogens is 1. The first-order valence-corrected chi connectivity index (χ1v) is 9.81. The van der Waals surface area contributed by atoms with E-state index in [1.807, 2.05) is 59.6 Å². The molecule has 1 aliphatic heterocycles. The van der Waals surface area contributed by atoms with Gasteiger partial charge >= 0.3 is 11.9 Å². The highest BCUT2D eigenvalue weighted by molar-refractivity contribution is 6.27. The van der Waals surface area contributed by atoms with Crippen LogP contribution in [0.5, 0.6) is 0 Å². The maximum absolute atomic E-state index is 13.0. The third kappa shape index (κ3) is 5.86. The predicted molar refractivity (Wildman–Crippen MR) is 115 cm³/mol. The lowest BCUT2D eigenvalue weighted by Gasteiger charge is -2.34. The fourth-order valence-corrected chi connectivity index (χ4v) is 3.41. The molecule has 4 rings (SSSR count). The summed E-state index contributed by atoms with van der Waals surface area (Å²) in [5, 5.41) is 16.9. The van der Waals surface area contributed by atoms with E-state index in [1.54, 1.807) is 0 Å². The van der Waals surface area contributed by atoms with Crippen molar-refractivity contribution >= 4 is 28.6 Å². The predicted octanol–water partition coefficient (Wildman–Crippen LogP) is 2.35. The van der Waals surface area contributed by atoms with Gasteiger partial charge in [0.2, 0.25) is 0 Å². The van der Waals surface area contributed by atoms with E-state index in [0.29, 0.717) is 0 Å². The van der Waals surface area contributed by atoms with E-state index in [2.05, 4.69) is 22.0 Å². The van der Waals surface area contributed by atoms with Crippen molar-refractivity contribution in [3.8, 4) is 0 Å². The number of hydrogen-bond donors (Lipinski definition) is 2. The van der Waals surface area contributed by atoms with E-state index in [-0.39, 0.29) is 5.91 Å². The van der Waals surface area contributed by atoms with Crippen LogP contribution in [0.25, 0.3) is 10.8 Å². The molecule has 0 aliphatic carbocycles. The maximum Gasteiger partial charge on any atom is 0.414 e. The summed E-state index contributed by atoms with van der Waals surface area (Å²) in [5.41, 5.74) is 1.88. The molecule has 160 valence electrons. The molecule has 0 atom stereocenters. The van der Waals surface area contributed by atoms with Crippen molar-refractivity contribution in [3.63, 3.8) is 0 Å². The highest BCUT2D eigenvalue weighted by Gasteiger charge is 2.23. The molecule has 31 heavy (non-hydrogen) atoms. The zero-order valence-corrected chi connectivity index (χ0v) is 16.8. The molecule has 0 saturated carbocycles. The van der Waals surface area contributed by atoms with Gasteiger partial charge in [-0.15, -0.1) is 0 Å². The quantitative estimate of drug-likeness (QED) is 0.625. The number of amides is 1.